The highest BCUT2D eigenvalue weighted by molar-refractivity contribution is 7.21. The number of carbonyl (C=O) groups excluding carboxylic acids is 1. The van der Waals surface area contributed by atoms with Crippen LogP contribution in [0.15, 0.2) is 24.3 Å². The van der Waals surface area contributed by atoms with Crippen LogP contribution in [0.5, 0.6) is 0 Å². The number of fused-ring (bicyclic) bond motifs is 1. The normalized spacial score (nSPS) is 13.5. The summed E-state index contributed by atoms with van der Waals surface area (Å²) in [6.07, 6.45) is -0.605. The zero-order valence-electron chi connectivity index (χ0n) is 11.7. The van der Waals surface area contributed by atoms with Gasteiger partial charge in [-0.3, -0.25) is 4.79 Å². The van der Waals surface area contributed by atoms with E-state index in [1.807, 2.05) is 45.0 Å². The Morgan fingerprint density at radius 1 is 1.37 bits per heavy atom. The molecule has 2 rings (SSSR count). The van der Waals surface area contributed by atoms with Gasteiger partial charge in [-0.05, 0) is 44.7 Å². The van der Waals surface area contributed by atoms with Gasteiger partial charge < -0.3 is 10.4 Å². The van der Waals surface area contributed by atoms with Gasteiger partial charge in [0.1, 0.15) is 0 Å². The van der Waals surface area contributed by atoms with Gasteiger partial charge in [0.2, 0.25) is 0 Å². The van der Waals surface area contributed by atoms with E-state index in [9.17, 15) is 9.90 Å². The molecule has 0 saturated carbocycles. The van der Waals surface area contributed by atoms with Crippen molar-refractivity contribution in [1.82, 2.24) is 5.32 Å². The molecule has 19 heavy (non-hydrogen) atoms. The molecule has 0 spiro atoms. The minimum absolute atomic E-state index is 0.121. The minimum atomic E-state index is -0.639. The molecule has 0 aliphatic carbocycles. The molecule has 0 saturated heterocycles. The second-order valence-electron chi connectivity index (χ2n) is 5.40. The van der Waals surface area contributed by atoms with Crippen molar-refractivity contribution >= 4 is 27.3 Å². The molecule has 0 aliphatic rings. The highest BCUT2D eigenvalue weighted by Crippen LogP contribution is 2.30. The molecule has 0 bridgehead atoms. The van der Waals surface area contributed by atoms with Gasteiger partial charge in [-0.15, -0.1) is 11.3 Å². The fraction of sp³-hybridized carbons (Fsp3) is 0.400. The van der Waals surface area contributed by atoms with E-state index in [1.54, 1.807) is 6.92 Å². The molecular weight excluding hydrogens is 258 g/mol. The summed E-state index contributed by atoms with van der Waals surface area (Å²) in [5.41, 5.74) is 0.360. The molecule has 1 amide bonds. The summed E-state index contributed by atoms with van der Waals surface area (Å²) in [4.78, 5) is 13.1. The molecule has 102 valence electrons. The van der Waals surface area contributed by atoms with Crippen molar-refractivity contribution in [3.63, 3.8) is 0 Å². The second-order valence-corrected chi connectivity index (χ2v) is 6.46. The van der Waals surface area contributed by atoms with Crippen LogP contribution < -0.4 is 5.32 Å². The van der Waals surface area contributed by atoms with Gasteiger partial charge in [-0.25, -0.2) is 0 Å². The van der Waals surface area contributed by atoms with E-state index in [1.165, 1.54) is 11.3 Å². The summed E-state index contributed by atoms with van der Waals surface area (Å²) in [6, 6.07) is 7.99. The fourth-order valence-corrected chi connectivity index (χ4v) is 2.95. The third kappa shape index (κ3) is 2.65. The Morgan fingerprint density at radius 2 is 2.00 bits per heavy atom. The molecule has 1 aromatic heterocycles. The Labute approximate surface area is 117 Å². The van der Waals surface area contributed by atoms with Gasteiger partial charge in [0.25, 0.3) is 5.91 Å². The lowest BCUT2D eigenvalue weighted by molar-refractivity contribution is 0.0712. The van der Waals surface area contributed by atoms with Gasteiger partial charge in [0.05, 0.1) is 16.5 Å². The van der Waals surface area contributed by atoms with Crippen molar-refractivity contribution in [3.05, 3.63) is 34.7 Å². The Kier molecular flexibility index (Phi) is 3.65. The molecule has 2 N–H and O–H groups in total. The summed E-state index contributed by atoms with van der Waals surface area (Å²) in [5, 5.41) is 13.7. The lowest BCUT2D eigenvalue weighted by atomic mass is 9.98. The monoisotopic (exact) mass is 277 g/mol. The summed E-state index contributed by atoms with van der Waals surface area (Å²) in [6.45, 7) is 7.28. The van der Waals surface area contributed by atoms with E-state index in [0.29, 0.717) is 0 Å². The topological polar surface area (TPSA) is 49.3 Å². The average molecular weight is 277 g/mol. The smallest absolute Gasteiger partial charge is 0.262 e. The maximum atomic E-state index is 12.3. The van der Waals surface area contributed by atoms with E-state index in [2.05, 4.69) is 5.32 Å². The zero-order valence-corrected chi connectivity index (χ0v) is 12.5. The number of amides is 1. The van der Waals surface area contributed by atoms with E-state index >= 15 is 0 Å². The lowest BCUT2D eigenvalue weighted by Crippen LogP contribution is -2.50. The Bertz CT molecular complexity index is 614. The van der Waals surface area contributed by atoms with Crippen molar-refractivity contribution in [2.45, 2.75) is 39.3 Å². The van der Waals surface area contributed by atoms with Gasteiger partial charge in [-0.2, -0.15) is 0 Å². The maximum absolute atomic E-state index is 12.3. The molecule has 1 atom stereocenters. The summed E-state index contributed by atoms with van der Waals surface area (Å²) < 4.78 is 1.11. The van der Waals surface area contributed by atoms with Crippen molar-refractivity contribution < 1.29 is 9.90 Å². The summed E-state index contributed by atoms with van der Waals surface area (Å²) in [5.74, 6) is -0.121. The van der Waals surface area contributed by atoms with Crippen molar-refractivity contribution in [3.8, 4) is 0 Å². The number of thiophene rings is 1. The first-order valence-electron chi connectivity index (χ1n) is 6.31. The van der Waals surface area contributed by atoms with Crippen LogP contribution in [0.4, 0.5) is 0 Å². The third-order valence-electron chi connectivity index (χ3n) is 3.53. The molecule has 4 heteroatoms. The lowest BCUT2D eigenvalue weighted by Gasteiger charge is -2.29. The largest absolute Gasteiger partial charge is 0.391 e. The van der Waals surface area contributed by atoms with Crippen LogP contribution in [0, 0.1) is 6.92 Å². The first-order chi connectivity index (χ1) is 8.83. The molecule has 1 heterocycles. The Hall–Kier alpha value is -1.39. The number of hydrogen-bond donors (Lipinski definition) is 2. The van der Waals surface area contributed by atoms with E-state index in [4.69, 9.17) is 0 Å². The molecule has 1 aromatic carbocycles. The first kappa shape index (κ1) is 14.0. The molecule has 1 unspecified atom stereocenters. The average Bonchev–Trinajstić information content (AvgIpc) is 2.67. The second kappa shape index (κ2) is 4.94. The predicted octanol–water partition coefficient (Wildman–Crippen LogP) is 3.10. The van der Waals surface area contributed by atoms with Crippen LogP contribution in [0.2, 0.25) is 0 Å². The maximum Gasteiger partial charge on any atom is 0.262 e. The van der Waals surface area contributed by atoms with Gasteiger partial charge in [0, 0.05) is 4.70 Å². The molecular formula is C15H19NO2S. The van der Waals surface area contributed by atoms with Crippen molar-refractivity contribution in [1.29, 1.82) is 0 Å². The highest BCUT2D eigenvalue weighted by Gasteiger charge is 2.28. The molecule has 0 radical (unpaired) electrons. The third-order valence-corrected chi connectivity index (χ3v) is 4.80. The van der Waals surface area contributed by atoms with E-state index in [-0.39, 0.29) is 5.91 Å². The van der Waals surface area contributed by atoms with Crippen LogP contribution in [-0.2, 0) is 0 Å². The number of carbonyl (C=O) groups is 1. The van der Waals surface area contributed by atoms with Crippen molar-refractivity contribution in [2.75, 3.05) is 0 Å². The van der Waals surface area contributed by atoms with Crippen LogP contribution >= 0.6 is 11.3 Å². The van der Waals surface area contributed by atoms with Crippen LogP contribution in [0.3, 0.4) is 0 Å². The predicted molar refractivity (Wildman–Crippen MR) is 79.8 cm³/mol. The highest BCUT2D eigenvalue weighted by atomic mass is 32.1. The zero-order chi connectivity index (χ0) is 14.2. The number of aliphatic hydroxyl groups excluding tert-OH is 1. The minimum Gasteiger partial charge on any atom is -0.391 e. The fourth-order valence-electron chi connectivity index (χ4n) is 1.84. The number of hydrogen-bond acceptors (Lipinski definition) is 3. The molecule has 0 fully saturated rings. The number of benzene rings is 1. The van der Waals surface area contributed by atoms with Gasteiger partial charge in [-0.1, -0.05) is 18.2 Å². The summed E-state index contributed by atoms with van der Waals surface area (Å²) >= 11 is 1.49. The number of aliphatic hydroxyl groups is 1. The molecule has 2 aromatic rings. The van der Waals surface area contributed by atoms with Crippen LogP contribution in [0.1, 0.15) is 36.0 Å². The SMILES string of the molecule is Cc1c(C(=O)NC(C)(C)C(C)O)sc2ccccc12. The van der Waals surface area contributed by atoms with Crippen LogP contribution in [-0.4, -0.2) is 22.7 Å². The summed E-state index contributed by atoms with van der Waals surface area (Å²) in [7, 11) is 0. The van der Waals surface area contributed by atoms with Gasteiger partial charge in [0.15, 0.2) is 0 Å². The quantitative estimate of drug-likeness (QED) is 0.905. The first-order valence-corrected chi connectivity index (χ1v) is 7.13. The molecule has 3 nitrogen and oxygen atoms in total. The number of nitrogens with one attached hydrogen (secondary N) is 1. The Morgan fingerprint density at radius 3 is 2.58 bits per heavy atom. The number of aryl methyl sites for hydroxylation is 1. The van der Waals surface area contributed by atoms with Crippen molar-refractivity contribution in [2.24, 2.45) is 0 Å². The molecule has 0 aliphatic heterocycles. The number of rotatable bonds is 3. The van der Waals surface area contributed by atoms with E-state index in [0.717, 1.165) is 20.5 Å². The van der Waals surface area contributed by atoms with E-state index < -0.39 is 11.6 Å². The standard InChI is InChI=1S/C15H19NO2S/c1-9-11-7-5-6-8-12(11)19-13(9)14(18)16-15(3,4)10(2)17/h5-8,10,17H,1-4H3,(H,16,18). The van der Waals surface area contributed by atoms with Gasteiger partial charge >= 0.3 is 0 Å². The van der Waals surface area contributed by atoms with Crippen LogP contribution in [0.25, 0.3) is 10.1 Å². The Balaban J connectivity index is 2.35.